The smallest absolute Gasteiger partial charge is 0.322 e. The number of carbonyl (C=O) groups is 1. The number of hydrogen-bond donors (Lipinski definition) is 1. The molecule has 242 valence electrons. The number of benzene rings is 4. The van der Waals surface area contributed by atoms with Gasteiger partial charge >= 0.3 is 5.97 Å². The highest BCUT2D eigenvalue weighted by Crippen LogP contribution is 2.38. The van der Waals surface area contributed by atoms with Crippen molar-refractivity contribution in [2.24, 2.45) is 0 Å². The summed E-state index contributed by atoms with van der Waals surface area (Å²) >= 11 is 6.81. The molecule has 0 spiro atoms. The first-order chi connectivity index (χ1) is 22.8. The number of ether oxygens (including phenoxy) is 4. The van der Waals surface area contributed by atoms with E-state index in [1.165, 1.54) is 0 Å². The van der Waals surface area contributed by atoms with E-state index in [0.29, 0.717) is 54.9 Å². The third-order valence-corrected chi connectivity index (χ3v) is 8.90. The van der Waals surface area contributed by atoms with Gasteiger partial charge < -0.3 is 29.0 Å². The Morgan fingerprint density at radius 3 is 2.55 bits per heavy atom. The second kappa shape index (κ2) is 14.3. The lowest BCUT2D eigenvalue weighted by Gasteiger charge is -2.37. The van der Waals surface area contributed by atoms with Crippen LogP contribution < -0.4 is 18.9 Å². The lowest BCUT2D eigenvalue weighted by atomic mass is 9.96. The minimum absolute atomic E-state index is 0.214. The molecule has 0 amide bonds. The number of likely N-dealkylation sites (N-methyl/N-ethyl adjacent to an activating group) is 1. The van der Waals surface area contributed by atoms with Gasteiger partial charge in [0.05, 0.1) is 16.7 Å². The number of carboxylic acid groups (broad SMARTS) is 1. The Morgan fingerprint density at radius 1 is 0.957 bits per heavy atom. The number of aliphatic carboxylic acids is 1. The Morgan fingerprint density at radius 2 is 1.74 bits per heavy atom. The van der Waals surface area contributed by atoms with Gasteiger partial charge in [0.25, 0.3) is 0 Å². The summed E-state index contributed by atoms with van der Waals surface area (Å²) in [6.45, 7) is 5.72. The number of fused-ring (bicyclic) bond motifs is 1. The molecule has 0 bridgehead atoms. The minimum Gasteiger partial charge on any atom is -0.488 e. The first kappa shape index (κ1) is 32.2. The predicted octanol–water partition coefficient (Wildman–Crippen LogP) is 6.32. The van der Waals surface area contributed by atoms with E-state index in [1.54, 1.807) is 24.3 Å². The van der Waals surface area contributed by atoms with Crippen LogP contribution in [0.25, 0.3) is 11.1 Å². The van der Waals surface area contributed by atoms with Gasteiger partial charge in [-0.2, -0.15) is 5.26 Å². The number of carboxylic acids is 1. The van der Waals surface area contributed by atoms with Gasteiger partial charge in [-0.3, -0.25) is 9.69 Å². The van der Waals surface area contributed by atoms with E-state index < -0.39 is 12.0 Å². The quantitative estimate of drug-likeness (QED) is 0.211. The van der Waals surface area contributed by atoms with Crippen molar-refractivity contribution in [2.75, 3.05) is 39.9 Å². The summed E-state index contributed by atoms with van der Waals surface area (Å²) in [7, 11) is 1.92. The molecule has 47 heavy (non-hydrogen) atoms. The Bertz CT molecular complexity index is 1820. The second-order valence-electron chi connectivity index (χ2n) is 11.8. The van der Waals surface area contributed by atoms with Crippen LogP contribution in [0.1, 0.15) is 27.8 Å². The van der Waals surface area contributed by atoms with Gasteiger partial charge in [0.1, 0.15) is 44.0 Å². The Kier molecular flexibility index (Phi) is 9.83. The highest BCUT2D eigenvalue weighted by molar-refractivity contribution is 6.32. The number of nitriles is 1. The van der Waals surface area contributed by atoms with Crippen molar-refractivity contribution in [3.05, 3.63) is 106 Å². The molecule has 2 aliphatic rings. The predicted molar refractivity (Wildman–Crippen MR) is 178 cm³/mol. The lowest BCUT2D eigenvalue weighted by Crippen LogP contribution is -2.54. The molecule has 10 heteroatoms. The summed E-state index contributed by atoms with van der Waals surface area (Å²) in [5, 5.41) is 19.7. The normalized spacial score (nSPS) is 16.3. The Balaban J connectivity index is 1.25. The average molecular weight is 654 g/mol. The number of halogens is 1. The molecular formula is C37H36ClN3O6. The van der Waals surface area contributed by atoms with Crippen molar-refractivity contribution in [1.29, 1.82) is 5.26 Å². The largest absolute Gasteiger partial charge is 0.488 e. The SMILES string of the molecule is Cc1c(COc2cc(OCc3cccc(C#N)c3)c(CN3CCN(C)CC3C(=O)O)cc2Cl)cccc1-c1ccc2c(c1)OCCO2. The van der Waals surface area contributed by atoms with Crippen molar-refractivity contribution < 1.29 is 28.8 Å². The molecule has 1 saturated heterocycles. The van der Waals surface area contributed by atoms with Gasteiger partial charge in [0.2, 0.25) is 0 Å². The van der Waals surface area contributed by atoms with Crippen molar-refractivity contribution in [1.82, 2.24) is 9.80 Å². The van der Waals surface area contributed by atoms with Crippen LogP contribution in [-0.4, -0.2) is 66.8 Å². The fraction of sp³-hybridized carbons (Fsp3) is 0.297. The number of nitrogens with zero attached hydrogens (tertiary/aromatic N) is 3. The van der Waals surface area contributed by atoms with E-state index >= 15 is 0 Å². The minimum atomic E-state index is -0.868. The summed E-state index contributed by atoms with van der Waals surface area (Å²) in [6, 6.07) is 24.4. The molecule has 1 N–H and O–H groups in total. The van der Waals surface area contributed by atoms with Crippen molar-refractivity contribution in [3.8, 4) is 40.2 Å². The molecular weight excluding hydrogens is 618 g/mol. The molecule has 0 saturated carbocycles. The zero-order valence-corrected chi connectivity index (χ0v) is 27.1. The molecule has 4 aromatic carbocycles. The van der Waals surface area contributed by atoms with E-state index in [1.807, 2.05) is 59.3 Å². The van der Waals surface area contributed by atoms with Crippen LogP contribution in [0, 0.1) is 18.3 Å². The van der Waals surface area contributed by atoms with Crippen molar-refractivity contribution in [2.45, 2.75) is 32.7 Å². The van der Waals surface area contributed by atoms with E-state index in [9.17, 15) is 15.2 Å². The van der Waals surface area contributed by atoms with Crippen LogP contribution in [-0.2, 0) is 24.6 Å². The molecule has 0 aromatic heterocycles. The van der Waals surface area contributed by atoms with Crippen molar-refractivity contribution in [3.63, 3.8) is 0 Å². The van der Waals surface area contributed by atoms with Crippen LogP contribution >= 0.6 is 11.6 Å². The monoisotopic (exact) mass is 653 g/mol. The lowest BCUT2D eigenvalue weighted by molar-refractivity contribution is -0.145. The zero-order valence-electron chi connectivity index (χ0n) is 26.4. The van der Waals surface area contributed by atoms with E-state index in [0.717, 1.165) is 51.4 Å². The molecule has 9 nitrogen and oxygen atoms in total. The Labute approximate surface area is 279 Å². The summed E-state index contributed by atoms with van der Waals surface area (Å²) in [5.41, 5.74) is 6.29. The molecule has 0 aliphatic carbocycles. The number of rotatable bonds is 10. The van der Waals surface area contributed by atoms with Gasteiger partial charge in [-0.1, -0.05) is 48.0 Å². The molecule has 0 radical (unpaired) electrons. The van der Waals surface area contributed by atoms with Crippen LogP contribution in [0.3, 0.4) is 0 Å². The standard InChI is InChI=1S/C37H36ClN3O6/c1-24-28(7-4-8-30(24)27-9-10-33-36(17-27)45-14-13-44-33)23-47-35-18-34(46-22-26-6-3-5-25(15-26)19-39)29(16-31(35)38)20-41-12-11-40(2)21-32(41)37(42)43/h3-10,15-18,32H,11-14,20-23H2,1-2H3,(H,42,43). The summed E-state index contributed by atoms with van der Waals surface area (Å²) < 4.78 is 24.1. The maximum Gasteiger partial charge on any atom is 0.322 e. The highest BCUT2D eigenvalue weighted by atomic mass is 35.5. The van der Waals surface area contributed by atoms with Crippen LogP contribution in [0.2, 0.25) is 5.02 Å². The maximum absolute atomic E-state index is 12.1. The van der Waals surface area contributed by atoms with Gasteiger partial charge in [0, 0.05) is 37.8 Å². The number of hydrogen-bond acceptors (Lipinski definition) is 8. The summed E-state index contributed by atoms with van der Waals surface area (Å²) in [4.78, 5) is 16.1. The fourth-order valence-electron chi connectivity index (χ4n) is 5.95. The zero-order chi connectivity index (χ0) is 32.9. The molecule has 2 aliphatic heterocycles. The molecule has 4 aromatic rings. The molecule has 1 fully saturated rings. The topological polar surface area (TPSA) is 104 Å². The molecule has 1 atom stereocenters. The third kappa shape index (κ3) is 7.47. The van der Waals surface area contributed by atoms with E-state index in [-0.39, 0.29) is 13.2 Å². The van der Waals surface area contributed by atoms with Gasteiger partial charge in [-0.25, -0.2) is 0 Å². The first-order valence-electron chi connectivity index (χ1n) is 15.5. The first-order valence-corrected chi connectivity index (χ1v) is 15.9. The van der Waals surface area contributed by atoms with Crippen LogP contribution in [0.15, 0.2) is 72.8 Å². The second-order valence-corrected chi connectivity index (χ2v) is 12.2. The fourth-order valence-corrected chi connectivity index (χ4v) is 6.20. The van der Waals surface area contributed by atoms with E-state index in [2.05, 4.69) is 19.1 Å². The van der Waals surface area contributed by atoms with Gasteiger partial charge in [-0.15, -0.1) is 0 Å². The van der Waals surface area contributed by atoms with Crippen molar-refractivity contribution >= 4 is 17.6 Å². The maximum atomic E-state index is 12.1. The molecule has 6 rings (SSSR count). The van der Waals surface area contributed by atoms with Crippen LogP contribution in [0.4, 0.5) is 0 Å². The summed E-state index contributed by atoms with van der Waals surface area (Å²) in [6.07, 6.45) is 0. The van der Waals surface area contributed by atoms with Crippen LogP contribution in [0.5, 0.6) is 23.0 Å². The summed E-state index contributed by atoms with van der Waals surface area (Å²) in [5.74, 6) is 1.61. The molecule has 1 unspecified atom stereocenters. The number of piperazine rings is 1. The average Bonchev–Trinajstić information content (AvgIpc) is 3.08. The Hall–Kier alpha value is -4.75. The highest BCUT2D eigenvalue weighted by Gasteiger charge is 2.31. The van der Waals surface area contributed by atoms with Gasteiger partial charge in [0.15, 0.2) is 11.5 Å². The molecule has 2 heterocycles. The third-order valence-electron chi connectivity index (χ3n) is 8.60. The van der Waals surface area contributed by atoms with E-state index in [4.69, 9.17) is 30.5 Å². The van der Waals surface area contributed by atoms with Gasteiger partial charge in [-0.05, 0) is 72.1 Å².